The number of hydrogen-bond donors (Lipinski definition) is 2. The molecule has 0 saturated heterocycles. The van der Waals surface area contributed by atoms with Crippen molar-refractivity contribution in [3.8, 4) is 0 Å². The van der Waals surface area contributed by atoms with Crippen LogP contribution in [0.3, 0.4) is 0 Å². The average Bonchev–Trinajstić information content (AvgIpc) is 2.08. The van der Waals surface area contributed by atoms with Gasteiger partial charge >= 0.3 is 5.97 Å². The van der Waals surface area contributed by atoms with Gasteiger partial charge in [-0.2, -0.15) is 0 Å². The van der Waals surface area contributed by atoms with Gasteiger partial charge in [0.25, 0.3) is 0 Å². The Balaban J connectivity index is 3.31. The highest BCUT2D eigenvalue weighted by Gasteiger charge is 2.31. The van der Waals surface area contributed by atoms with Gasteiger partial charge in [0.2, 0.25) is 0 Å². The smallest absolute Gasteiger partial charge is 0.328 e. The summed E-state index contributed by atoms with van der Waals surface area (Å²) in [5.41, 5.74) is 5.00. The maximum atomic E-state index is 12.9. The van der Waals surface area contributed by atoms with Gasteiger partial charge in [-0.3, -0.25) is 0 Å². The molecule has 1 atom stereocenters. The Labute approximate surface area is 81.4 Å². The summed E-state index contributed by atoms with van der Waals surface area (Å²) in [6.45, 7) is 3.04. The van der Waals surface area contributed by atoms with Gasteiger partial charge in [0.05, 0.1) is 0 Å². The number of hydrogen-bond acceptors (Lipinski definition) is 2. The second-order valence-corrected chi connectivity index (χ2v) is 3.47. The summed E-state index contributed by atoms with van der Waals surface area (Å²) >= 11 is 0. The molecule has 3 nitrogen and oxygen atoms in total. The van der Waals surface area contributed by atoms with E-state index < -0.39 is 17.3 Å². The minimum absolute atomic E-state index is 0.296. The first-order chi connectivity index (χ1) is 6.35. The van der Waals surface area contributed by atoms with Crippen molar-refractivity contribution in [2.24, 2.45) is 5.73 Å². The van der Waals surface area contributed by atoms with E-state index >= 15 is 0 Å². The molecule has 0 amide bonds. The molecule has 0 aliphatic carbocycles. The van der Waals surface area contributed by atoms with Gasteiger partial charge in [-0.15, -0.1) is 0 Å². The van der Waals surface area contributed by atoms with Crippen LogP contribution in [0, 0.1) is 12.7 Å². The summed E-state index contributed by atoms with van der Waals surface area (Å²) in [5.74, 6) is -1.66. The molecule has 0 bridgehead atoms. The Hall–Kier alpha value is -1.42. The van der Waals surface area contributed by atoms with Crippen molar-refractivity contribution in [1.29, 1.82) is 0 Å². The number of aliphatic carboxylic acids is 1. The molecule has 0 fully saturated rings. The summed E-state index contributed by atoms with van der Waals surface area (Å²) in [4.78, 5) is 10.8. The molecule has 76 valence electrons. The number of carboxylic acids is 1. The Morgan fingerprint density at radius 2 is 2.14 bits per heavy atom. The van der Waals surface area contributed by atoms with Crippen LogP contribution >= 0.6 is 0 Å². The van der Waals surface area contributed by atoms with E-state index in [9.17, 15) is 9.18 Å². The molecule has 0 radical (unpaired) electrons. The van der Waals surface area contributed by atoms with Crippen LogP contribution in [-0.4, -0.2) is 11.1 Å². The Bertz CT molecular complexity index is 374. The zero-order chi connectivity index (χ0) is 10.9. The number of carbonyl (C=O) groups is 1. The largest absolute Gasteiger partial charge is 0.480 e. The lowest BCUT2D eigenvalue weighted by Gasteiger charge is -2.21. The van der Waals surface area contributed by atoms with E-state index in [0.717, 1.165) is 6.07 Å². The highest BCUT2D eigenvalue weighted by molar-refractivity contribution is 5.80. The molecule has 4 heteroatoms. The predicted octanol–water partition coefficient (Wildman–Crippen LogP) is 1.39. The molecule has 1 aromatic rings. The van der Waals surface area contributed by atoms with Crippen LogP contribution < -0.4 is 5.73 Å². The lowest BCUT2D eigenvalue weighted by Crippen LogP contribution is -2.42. The van der Waals surface area contributed by atoms with E-state index in [-0.39, 0.29) is 0 Å². The fourth-order valence-electron chi connectivity index (χ4n) is 1.27. The normalized spacial score (nSPS) is 14.9. The number of rotatable bonds is 2. The van der Waals surface area contributed by atoms with E-state index in [2.05, 4.69) is 0 Å². The van der Waals surface area contributed by atoms with Gasteiger partial charge < -0.3 is 10.8 Å². The van der Waals surface area contributed by atoms with E-state index in [1.54, 1.807) is 6.92 Å². The van der Waals surface area contributed by atoms with E-state index in [0.29, 0.717) is 11.1 Å². The molecule has 1 rings (SSSR count). The number of nitrogens with two attached hydrogens (primary N) is 1. The van der Waals surface area contributed by atoms with Gasteiger partial charge in [-0.05, 0) is 37.1 Å². The van der Waals surface area contributed by atoms with Crippen molar-refractivity contribution in [3.63, 3.8) is 0 Å². The lowest BCUT2D eigenvalue weighted by molar-refractivity contribution is -0.143. The average molecular weight is 197 g/mol. The predicted molar refractivity (Wildman–Crippen MR) is 50.3 cm³/mol. The summed E-state index contributed by atoms with van der Waals surface area (Å²) in [6.07, 6.45) is 0. The number of carboxylic acid groups (broad SMARTS) is 1. The Morgan fingerprint density at radius 1 is 1.57 bits per heavy atom. The fraction of sp³-hybridized carbons (Fsp3) is 0.300. The van der Waals surface area contributed by atoms with E-state index in [1.807, 2.05) is 0 Å². The number of benzene rings is 1. The first-order valence-electron chi connectivity index (χ1n) is 4.14. The van der Waals surface area contributed by atoms with E-state index in [4.69, 9.17) is 10.8 Å². The summed E-state index contributed by atoms with van der Waals surface area (Å²) in [5, 5.41) is 8.86. The van der Waals surface area contributed by atoms with Crippen molar-refractivity contribution in [2.45, 2.75) is 19.4 Å². The third kappa shape index (κ3) is 1.75. The molecular formula is C10H12FNO2. The molecule has 0 spiro atoms. The van der Waals surface area contributed by atoms with Crippen molar-refractivity contribution < 1.29 is 14.3 Å². The lowest BCUT2D eigenvalue weighted by atomic mass is 9.90. The van der Waals surface area contributed by atoms with Crippen LogP contribution in [0.1, 0.15) is 18.1 Å². The highest BCUT2D eigenvalue weighted by atomic mass is 19.1. The standard InChI is InChI=1S/C10H12FNO2/c1-6-3-4-7(11)5-8(6)10(2,12)9(13)14/h3-5H,12H2,1-2H3,(H,13,14)/t10-/m0/s1. The zero-order valence-corrected chi connectivity index (χ0v) is 8.04. The maximum absolute atomic E-state index is 12.9. The third-order valence-corrected chi connectivity index (χ3v) is 2.20. The SMILES string of the molecule is Cc1ccc(F)cc1[C@](C)(N)C(=O)O. The second-order valence-electron chi connectivity index (χ2n) is 3.47. The molecule has 14 heavy (non-hydrogen) atoms. The van der Waals surface area contributed by atoms with Crippen LogP contribution in [0.5, 0.6) is 0 Å². The van der Waals surface area contributed by atoms with Gasteiger partial charge in [-0.1, -0.05) is 6.07 Å². The van der Waals surface area contributed by atoms with Gasteiger partial charge in [0.1, 0.15) is 11.4 Å². The second kappa shape index (κ2) is 3.38. The Morgan fingerprint density at radius 3 is 2.64 bits per heavy atom. The van der Waals surface area contributed by atoms with Crippen LogP contribution in [-0.2, 0) is 10.3 Å². The molecule has 0 aliphatic heterocycles. The number of aryl methyl sites for hydroxylation is 1. The van der Waals surface area contributed by atoms with Crippen LogP contribution in [0.25, 0.3) is 0 Å². The molecule has 3 N–H and O–H groups in total. The van der Waals surface area contributed by atoms with E-state index in [1.165, 1.54) is 19.1 Å². The fourth-order valence-corrected chi connectivity index (χ4v) is 1.27. The maximum Gasteiger partial charge on any atom is 0.328 e. The monoisotopic (exact) mass is 197 g/mol. The molecule has 0 heterocycles. The minimum Gasteiger partial charge on any atom is -0.480 e. The van der Waals surface area contributed by atoms with Crippen molar-refractivity contribution >= 4 is 5.97 Å². The summed E-state index contributed by atoms with van der Waals surface area (Å²) in [7, 11) is 0. The molecule has 0 aromatic heterocycles. The van der Waals surface area contributed by atoms with Gasteiger partial charge in [0.15, 0.2) is 0 Å². The highest BCUT2D eigenvalue weighted by Crippen LogP contribution is 2.22. The van der Waals surface area contributed by atoms with Crippen LogP contribution in [0.15, 0.2) is 18.2 Å². The summed E-state index contributed by atoms with van der Waals surface area (Å²) < 4.78 is 12.9. The molecule has 0 unspecified atom stereocenters. The zero-order valence-electron chi connectivity index (χ0n) is 8.04. The minimum atomic E-state index is -1.55. The first-order valence-corrected chi connectivity index (χ1v) is 4.14. The molecular weight excluding hydrogens is 185 g/mol. The van der Waals surface area contributed by atoms with Crippen LogP contribution in [0.4, 0.5) is 4.39 Å². The van der Waals surface area contributed by atoms with Crippen molar-refractivity contribution in [3.05, 3.63) is 35.1 Å². The Kier molecular flexibility index (Phi) is 2.57. The summed E-state index contributed by atoms with van der Waals surface area (Å²) in [6, 6.07) is 3.94. The molecule has 1 aromatic carbocycles. The molecule has 0 saturated carbocycles. The topological polar surface area (TPSA) is 63.3 Å². The van der Waals surface area contributed by atoms with Crippen LogP contribution in [0.2, 0.25) is 0 Å². The quantitative estimate of drug-likeness (QED) is 0.753. The molecule has 0 aliphatic rings. The van der Waals surface area contributed by atoms with Crippen molar-refractivity contribution in [2.75, 3.05) is 0 Å². The van der Waals surface area contributed by atoms with Gasteiger partial charge in [0, 0.05) is 0 Å². The number of halogens is 1. The van der Waals surface area contributed by atoms with Gasteiger partial charge in [-0.25, -0.2) is 9.18 Å². The van der Waals surface area contributed by atoms with Crippen molar-refractivity contribution in [1.82, 2.24) is 0 Å². The third-order valence-electron chi connectivity index (χ3n) is 2.20. The first kappa shape index (κ1) is 10.7.